The van der Waals surface area contributed by atoms with E-state index in [1.54, 1.807) is 31.2 Å². The molecule has 26 heavy (non-hydrogen) atoms. The summed E-state index contributed by atoms with van der Waals surface area (Å²) in [5, 5.41) is 3.14. The van der Waals surface area contributed by atoms with Gasteiger partial charge in [0.05, 0.1) is 13.2 Å². The van der Waals surface area contributed by atoms with E-state index in [-0.39, 0.29) is 17.9 Å². The van der Waals surface area contributed by atoms with Gasteiger partial charge in [-0.15, -0.1) is 0 Å². The van der Waals surface area contributed by atoms with E-state index in [0.717, 1.165) is 29.7 Å². The van der Waals surface area contributed by atoms with E-state index >= 15 is 0 Å². The molecule has 1 unspecified atom stereocenters. The molecule has 0 aromatic heterocycles. The van der Waals surface area contributed by atoms with E-state index in [2.05, 4.69) is 5.32 Å². The first-order valence-electron chi connectivity index (χ1n) is 8.97. The zero-order valence-corrected chi connectivity index (χ0v) is 15.2. The number of methoxy groups -OCH3 is 1. The molecule has 2 amide bonds. The topological polar surface area (TPSA) is 41.6 Å². The number of amides is 2. The summed E-state index contributed by atoms with van der Waals surface area (Å²) in [7, 11) is 3.40. The number of hydrogen-bond acceptors (Lipinski definition) is 2. The van der Waals surface area contributed by atoms with Crippen LogP contribution in [0, 0.1) is 11.7 Å². The Balaban J connectivity index is 1.67. The minimum atomic E-state index is -0.262. The van der Waals surface area contributed by atoms with Crippen LogP contribution in [0.25, 0.3) is 0 Å². The maximum atomic E-state index is 13.2. The van der Waals surface area contributed by atoms with Crippen LogP contribution in [0.2, 0.25) is 0 Å². The molecule has 0 heterocycles. The molecule has 1 N–H and O–H groups in total. The van der Waals surface area contributed by atoms with E-state index in [1.807, 2.05) is 24.3 Å². The SMILES string of the molecule is COc1cccc(CN(C)C(=O)NC(c2ccc(F)cc2)C2CCC2)c1. The highest BCUT2D eigenvalue weighted by atomic mass is 19.1. The largest absolute Gasteiger partial charge is 0.497 e. The highest BCUT2D eigenvalue weighted by Crippen LogP contribution is 2.37. The number of urea groups is 1. The van der Waals surface area contributed by atoms with E-state index in [0.29, 0.717) is 12.5 Å². The van der Waals surface area contributed by atoms with Crippen LogP contribution in [0.4, 0.5) is 9.18 Å². The molecule has 1 aliphatic rings. The van der Waals surface area contributed by atoms with E-state index in [9.17, 15) is 9.18 Å². The molecule has 1 saturated carbocycles. The fourth-order valence-electron chi connectivity index (χ4n) is 3.28. The van der Waals surface area contributed by atoms with Crippen LogP contribution >= 0.6 is 0 Å². The fraction of sp³-hybridized carbons (Fsp3) is 0.381. The molecule has 0 radical (unpaired) electrons. The van der Waals surface area contributed by atoms with Crippen LogP contribution < -0.4 is 10.1 Å². The lowest BCUT2D eigenvalue weighted by Gasteiger charge is -2.35. The summed E-state index contributed by atoms with van der Waals surface area (Å²) in [6, 6.07) is 13.9. The van der Waals surface area contributed by atoms with Crippen molar-refractivity contribution in [3.8, 4) is 5.75 Å². The molecular formula is C21H25FN2O2. The monoisotopic (exact) mass is 356 g/mol. The minimum absolute atomic E-state index is 0.0791. The number of rotatable bonds is 6. The first-order chi connectivity index (χ1) is 12.6. The second-order valence-electron chi connectivity index (χ2n) is 6.88. The Hall–Kier alpha value is -2.56. The van der Waals surface area contributed by atoms with Gasteiger partial charge in [-0.1, -0.05) is 30.7 Å². The van der Waals surface area contributed by atoms with Crippen LogP contribution in [0.3, 0.4) is 0 Å². The Bertz CT molecular complexity index is 744. The Morgan fingerprint density at radius 3 is 2.62 bits per heavy atom. The Morgan fingerprint density at radius 1 is 1.27 bits per heavy atom. The predicted octanol–water partition coefficient (Wildman–Crippen LogP) is 4.52. The van der Waals surface area contributed by atoms with E-state index in [1.165, 1.54) is 18.6 Å². The molecule has 1 atom stereocenters. The fourth-order valence-corrected chi connectivity index (χ4v) is 3.28. The molecule has 2 aromatic carbocycles. The predicted molar refractivity (Wildman–Crippen MR) is 99.5 cm³/mol. The van der Waals surface area contributed by atoms with Crippen molar-refractivity contribution < 1.29 is 13.9 Å². The molecule has 0 saturated heterocycles. The molecule has 0 aliphatic heterocycles. The van der Waals surface area contributed by atoms with Gasteiger partial charge in [-0.05, 0) is 54.2 Å². The number of halogens is 1. The molecule has 3 rings (SSSR count). The molecule has 1 aliphatic carbocycles. The van der Waals surface area contributed by atoms with Gasteiger partial charge in [0.15, 0.2) is 0 Å². The normalized spacial score (nSPS) is 15.0. The van der Waals surface area contributed by atoms with Gasteiger partial charge in [0.25, 0.3) is 0 Å². The summed E-state index contributed by atoms with van der Waals surface area (Å²) in [5.41, 5.74) is 1.96. The third kappa shape index (κ3) is 4.34. The quantitative estimate of drug-likeness (QED) is 0.827. The van der Waals surface area contributed by atoms with Crippen LogP contribution in [0.1, 0.15) is 36.4 Å². The Labute approximate surface area is 154 Å². The Morgan fingerprint density at radius 2 is 2.00 bits per heavy atom. The van der Waals surface area contributed by atoms with Crippen molar-refractivity contribution in [2.24, 2.45) is 5.92 Å². The second-order valence-corrected chi connectivity index (χ2v) is 6.88. The highest BCUT2D eigenvalue weighted by molar-refractivity contribution is 5.74. The van der Waals surface area contributed by atoms with Crippen LogP contribution in [-0.4, -0.2) is 25.1 Å². The second kappa shape index (κ2) is 8.21. The average Bonchev–Trinajstić information content (AvgIpc) is 2.60. The van der Waals surface area contributed by atoms with Crippen molar-refractivity contribution in [3.05, 3.63) is 65.5 Å². The van der Waals surface area contributed by atoms with E-state index in [4.69, 9.17) is 4.74 Å². The van der Waals surface area contributed by atoms with Crippen LogP contribution in [0.5, 0.6) is 5.75 Å². The van der Waals surface area contributed by atoms with Crippen LogP contribution in [0.15, 0.2) is 48.5 Å². The molecule has 2 aromatic rings. The number of hydrogen-bond donors (Lipinski definition) is 1. The van der Waals surface area contributed by atoms with Crippen molar-refractivity contribution in [1.29, 1.82) is 0 Å². The van der Waals surface area contributed by atoms with Gasteiger partial charge in [-0.3, -0.25) is 0 Å². The summed E-state index contributed by atoms with van der Waals surface area (Å²) in [6.07, 6.45) is 3.35. The molecule has 4 nitrogen and oxygen atoms in total. The van der Waals surface area contributed by atoms with Gasteiger partial charge < -0.3 is 15.0 Å². The van der Waals surface area contributed by atoms with Crippen molar-refractivity contribution in [2.75, 3.05) is 14.2 Å². The van der Waals surface area contributed by atoms with Crippen molar-refractivity contribution in [1.82, 2.24) is 10.2 Å². The molecule has 5 heteroatoms. The standard InChI is InChI=1S/C21H25FN2O2/c1-24(14-15-5-3-8-19(13-15)26-2)21(25)23-20(16-6-4-7-16)17-9-11-18(22)12-10-17/h3,5,8-13,16,20H,4,6-7,14H2,1-2H3,(H,23,25). The summed E-state index contributed by atoms with van der Waals surface area (Å²) < 4.78 is 18.5. The lowest BCUT2D eigenvalue weighted by Crippen LogP contribution is -2.42. The smallest absolute Gasteiger partial charge is 0.317 e. The zero-order chi connectivity index (χ0) is 18.5. The molecular weight excluding hydrogens is 331 g/mol. The maximum absolute atomic E-state index is 13.2. The van der Waals surface area contributed by atoms with Gasteiger partial charge in [0, 0.05) is 13.6 Å². The average molecular weight is 356 g/mol. The van der Waals surface area contributed by atoms with Gasteiger partial charge in [-0.2, -0.15) is 0 Å². The lowest BCUT2D eigenvalue weighted by atomic mass is 9.77. The molecule has 0 spiro atoms. The van der Waals surface area contributed by atoms with Crippen molar-refractivity contribution >= 4 is 6.03 Å². The summed E-state index contributed by atoms with van der Waals surface area (Å²) >= 11 is 0. The summed E-state index contributed by atoms with van der Waals surface area (Å²) in [6.45, 7) is 0.490. The summed E-state index contributed by atoms with van der Waals surface area (Å²) in [5.74, 6) is 0.923. The third-order valence-electron chi connectivity index (χ3n) is 5.03. The number of carbonyl (C=O) groups is 1. The lowest BCUT2D eigenvalue weighted by molar-refractivity contribution is 0.182. The number of nitrogens with one attached hydrogen (secondary N) is 1. The van der Waals surface area contributed by atoms with Crippen LogP contribution in [-0.2, 0) is 6.54 Å². The highest BCUT2D eigenvalue weighted by Gasteiger charge is 2.30. The first kappa shape index (κ1) is 18.2. The molecule has 1 fully saturated rings. The third-order valence-corrected chi connectivity index (χ3v) is 5.03. The van der Waals surface area contributed by atoms with Crippen molar-refractivity contribution in [3.63, 3.8) is 0 Å². The van der Waals surface area contributed by atoms with E-state index < -0.39 is 0 Å². The minimum Gasteiger partial charge on any atom is -0.497 e. The number of benzene rings is 2. The van der Waals surface area contributed by atoms with Gasteiger partial charge >= 0.3 is 6.03 Å². The van der Waals surface area contributed by atoms with Gasteiger partial charge in [0.1, 0.15) is 11.6 Å². The number of ether oxygens (including phenoxy) is 1. The molecule has 138 valence electrons. The van der Waals surface area contributed by atoms with Crippen molar-refractivity contribution in [2.45, 2.75) is 31.8 Å². The maximum Gasteiger partial charge on any atom is 0.317 e. The molecule has 0 bridgehead atoms. The number of carbonyl (C=O) groups excluding carboxylic acids is 1. The summed E-state index contributed by atoms with van der Waals surface area (Å²) in [4.78, 5) is 14.4. The Kier molecular flexibility index (Phi) is 5.76. The van der Waals surface area contributed by atoms with Gasteiger partial charge in [-0.25, -0.2) is 9.18 Å². The first-order valence-corrected chi connectivity index (χ1v) is 8.97. The zero-order valence-electron chi connectivity index (χ0n) is 15.2. The van der Waals surface area contributed by atoms with Gasteiger partial charge in [0.2, 0.25) is 0 Å². The number of nitrogens with zero attached hydrogens (tertiary/aromatic N) is 1.